The van der Waals surface area contributed by atoms with Crippen LogP contribution in [0.15, 0.2) is 59.4 Å². The molecular formula is C17H14N4O. The van der Waals surface area contributed by atoms with E-state index in [2.05, 4.69) is 15.0 Å². The third-order valence-electron chi connectivity index (χ3n) is 3.63. The molecule has 3 heterocycles. The first kappa shape index (κ1) is 12.8. The predicted octanol–water partition coefficient (Wildman–Crippen LogP) is 3.41. The first-order valence-electron chi connectivity index (χ1n) is 7.06. The number of aromatic nitrogens is 3. The molecule has 3 aromatic heterocycles. The van der Waals surface area contributed by atoms with Crippen LogP contribution >= 0.6 is 0 Å². The fourth-order valence-corrected chi connectivity index (χ4v) is 2.59. The lowest BCUT2D eigenvalue weighted by Crippen LogP contribution is -2.18. The Balaban J connectivity index is 1.81. The summed E-state index contributed by atoms with van der Waals surface area (Å²) in [5.74, 6) is 0.770. The zero-order valence-corrected chi connectivity index (χ0v) is 12.1. The number of furan rings is 1. The molecule has 4 rings (SSSR count). The summed E-state index contributed by atoms with van der Waals surface area (Å²) in [6, 6.07) is 13.8. The molecule has 0 bridgehead atoms. The van der Waals surface area contributed by atoms with Gasteiger partial charge in [0.05, 0.1) is 12.2 Å². The summed E-state index contributed by atoms with van der Waals surface area (Å²) in [6.45, 7) is 0.657. The van der Waals surface area contributed by atoms with Crippen molar-refractivity contribution in [1.82, 2.24) is 15.0 Å². The molecule has 0 fully saturated rings. The van der Waals surface area contributed by atoms with Crippen LogP contribution < -0.4 is 4.90 Å². The van der Waals surface area contributed by atoms with Gasteiger partial charge >= 0.3 is 0 Å². The van der Waals surface area contributed by atoms with Crippen molar-refractivity contribution in [2.75, 3.05) is 11.9 Å². The second-order valence-corrected chi connectivity index (χ2v) is 5.15. The van der Waals surface area contributed by atoms with Gasteiger partial charge in [-0.05, 0) is 24.3 Å². The Morgan fingerprint density at radius 2 is 1.86 bits per heavy atom. The van der Waals surface area contributed by atoms with Gasteiger partial charge in [-0.1, -0.05) is 18.2 Å². The third kappa shape index (κ3) is 2.07. The molecule has 0 aliphatic rings. The summed E-state index contributed by atoms with van der Waals surface area (Å²) in [7, 11) is 1.98. The van der Waals surface area contributed by atoms with Gasteiger partial charge in [-0.3, -0.25) is 4.98 Å². The molecule has 0 spiro atoms. The van der Waals surface area contributed by atoms with E-state index in [1.807, 2.05) is 54.4 Å². The van der Waals surface area contributed by atoms with Gasteiger partial charge in [-0.15, -0.1) is 0 Å². The van der Waals surface area contributed by atoms with E-state index in [-0.39, 0.29) is 0 Å². The van der Waals surface area contributed by atoms with Crippen molar-refractivity contribution in [3.8, 4) is 0 Å². The molecule has 5 nitrogen and oxygen atoms in total. The molecule has 0 radical (unpaired) electrons. The number of nitrogens with zero attached hydrogens (tertiary/aromatic N) is 4. The van der Waals surface area contributed by atoms with Crippen molar-refractivity contribution in [3.05, 3.63) is 60.7 Å². The van der Waals surface area contributed by atoms with E-state index >= 15 is 0 Å². The Hall–Kier alpha value is -2.95. The van der Waals surface area contributed by atoms with E-state index in [0.717, 1.165) is 28.0 Å². The molecule has 0 N–H and O–H groups in total. The molecule has 4 aromatic rings. The molecule has 1 aromatic carbocycles. The van der Waals surface area contributed by atoms with E-state index in [4.69, 9.17) is 4.42 Å². The molecule has 0 unspecified atom stereocenters. The number of hydrogen-bond donors (Lipinski definition) is 0. The van der Waals surface area contributed by atoms with Crippen molar-refractivity contribution in [2.24, 2.45) is 0 Å². The minimum atomic E-state index is 0.657. The summed E-state index contributed by atoms with van der Waals surface area (Å²) in [5, 5.41) is 1.01. The molecule has 0 saturated heterocycles. The van der Waals surface area contributed by atoms with E-state index in [9.17, 15) is 0 Å². The molecule has 0 saturated carbocycles. The van der Waals surface area contributed by atoms with Crippen LogP contribution in [0.4, 0.5) is 5.82 Å². The number of fused-ring (bicyclic) bond motifs is 3. The summed E-state index contributed by atoms with van der Waals surface area (Å²) in [6.07, 6.45) is 3.37. The zero-order valence-electron chi connectivity index (χ0n) is 12.1. The molecular weight excluding hydrogens is 276 g/mol. The fourth-order valence-electron chi connectivity index (χ4n) is 2.59. The summed E-state index contributed by atoms with van der Waals surface area (Å²) in [4.78, 5) is 15.1. The number of benzene rings is 1. The third-order valence-corrected chi connectivity index (χ3v) is 3.63. The lowest BCUT2D eigenvalue weighted by atomic mass is 10.2. The quantitative estimate of drug-likeness (QED) is 0.579. The summed E-state index contributed by atoms with van der Waals surface area (Å²) in [5.41, 5.74) is 3.36. The van der Waals surface area contributed by atoms with E-state index in [0.29, 0.717) is 12.1 Å². The van der Waals surface area contributed by atoms with Crippen molar-refractivity contribution in [2.45, 2.75) is 6.54 Å². The average Bonchev–Trinajstić information content (AvgIpc) is 2.94. The van der Waals surface area contributed by atoms with Gasteiger partial charge in [0, 0.05) is 18.6 Å². The van der Waals surface area contributed by atoms with E-state index in [1.165, 1.54) is 0 Å². The number of hydrogen-bond acceptors (Lipinski definition) is 5. The van der Waals surface area contributed by atoms with Crippen LogP contribution in [-0.2, 0) is 6.54 Å². The second-order valence-electron chi connectivity index (χ2n) is 5.15. The first-order chi connectivity index (χ1) is 10.8. The highest BCUT2D eigenvalue weighted by Crippen LogP contribution is 2.31. The lowest BCUT2D eigenvalue weighted by Gasteiger charge is -2.17. The van der Waals surface area contributed by atoms with Gasteiger partial charge in [0.15, 0.2) is 11.4 Å². The Labute approximate surface area is 127 Å². The van der Waals surface area contributed by atoms with Gasteiger partial charge in [-0.2, -0.15) is 0 Å². The van der Waals surface area contributed by atoms with Crippen LogP contribution in [0.5, 0.6) is 0 Å². The number of pyridine rings is 1. The van der Waals surface area contributed by atoms with Crippen molar-refractivity contribution in [1.29, 1.82) is 0 Å². The van der Waals surface area contributed by atoms with Crippen LogP contribution in [-0.4, -0.2) is 22.0 Å². The molecule has 108 valence electrons. The minimum absolute atomic E-state index is 0.657. The van der Waals surface area contributed by atoms with E-state index < -0.39 is 0 Å². The molecule has 0 atom stereocenters. The molecule has 5 heteroatoms. The highest BCUT2D eigenvalue weighted by Gasteiger charge is 2.15. The lowest BCUT2D eigenvalue weighted by molar-refractivity contribution is 0.662. The van der Waals surface area contributed by atoms with Gasteiger partial charge in [-0.25, -0.2) is 9.97 Å². The summed E-state index contributed by atoms with van der Waals surface area (Å²) >= 11 is 0. The van der Waals surface area contributed by atoms with Crippen LogP contribution in [0.3, 0.4) is 0 Å². The monoisotopic (exact) mass is 290 g/mol. The maximum Gasteiger partial charge on any atom is 0.196 e. The standard InChI is InChI=1S/C17H14N4O/c1-21(10-12-6-4-5-9-18-12)17-16-15(19-11-20-17)13-7-2-3-8-14(13)22-16/h2-9,11H,10H2,1H3. The van der Waals surface area contributed by atoms with E-state index in [1.54, 1.807) is 12.5 Å². The fraction of sp³-hybridized carbons (Fsp3) is 0.118. The Kier molecular flexibility index (Phi) is 2.96. The Morgan fingerprint density at radius 3 is 2.73 bits per heavy atom. The second kappa shape index (κ2) is 5.11. The van der Waals surface area contributed by atoms with Crippen LogP contribution in [0, 0.1) is 0 Å². The van der Waals surface area contributed by atoms with Crippen LogP contribution in [0.2, 0.25) is 0 Å². The largest absolute Gasteiger partial charge is 0.450 e. The minimum Gasteiger partial charge on any atom is -0.450 e. The SMILES string of the molecule is CN(Cc1ccccn1)c1ncnc2c1oc1ccccc12. The summed E-state index contributed by atoms with van der Waals surface area (Å²) < 4.78 is 5.96. The van der Waals surface area contributed by atoms with Gasteiger partial charge < -0.3 is 9.32 Å². The predicted molar refractivity (Wildman–Crippen MR) is 85.7 cm³/mol. The van der Waals surface area contributed by atoms with Crippen molar-refractivity contribution >= 4 is 27.9 Å². The first-order valence-corrected chi connectivity index (χ1v) is 7.06. The normalized spacial score (nSPS) is 11.1. The highest BCUT2D eigenvalue weighted by atomic mass is 16.3. The number of anilines is 1. The highest BCUT2D eigenvalue weighted by molar-refractivity contribution is 6.05. The molecule has 22 heavy (non-hydrogen) atoms. The van der Waals surface area contributed by atoms with Crippen molar-refractivity contribution < 1.29 is 4.42 Å². The average molecular weight is 290 g/mol. The van der Waals surface area contributed by atoms with Gasteiger partial charge in [0.1, 0.15) is 17.4 Å². The maximum absolute atomic E-state index is 5.96. The van der Waals surface area contributed by atoms with Crippen LogP contribution in [0.25, 0.3) is 22.1 Å². The number of rotatable bonds is 3. The van der Waals surface area contributed by atoms with Crippen LogP contribution in [0.1, 0.15) is 5.69 Å². The molecule has 0 aliphatic heterocycles. The van der Waals surface area contributed by atoms with Crippen molar-refractivity contribution in [3.63, 3.8) is 0 Å². The Bertz CT molecular complexity index is 933. The topological polar surface area (TPSA) is 55.1 Å². The molecule has 0 aliphatic carbocycles. The molecule has 0 amide bonds. The Morgan fingerprint density at radius 1 is 1.00 bits per heavy atom. The van der Waals surface area contributed by atoms with Gasteiger partial charge in [0.25, 0.3) is 0 Å². The number of para-hydroxylation sites is 1. The smallest absolute Gasteiger partial charge is 0.196 e. The van der Waals surface area contributed by atoms with Gasteiger partial charge in [0.2, 0.25) is 0 Å². The maximum atomic E-state index is 5.96. The zero-order chi connectivity index (χ0) is 14.9.